The molecule has 0 aliphatic heterocycles. The maximum Gasteiger partial charge on any atom is 0.335 e. The van der Waals surface area contributed by atoms with Gasteiger partial charge in [0.05, 0.1) is 12.7 Å². The minimum absolute atomic E-state index is 0.0768. The molecule has 0 heterocycles. The van der Waals surface area contributed by atoms with E-state index in [1.165, 1.54) is 18.3 Å². The molecule has 0 fully saturated rings. The predicted molar refractivity (Wildman–Crippen MR) is 100 cm³/mol. The number of hydrogen-bond acceptors (Lipinski definition) is 5. The second kappa shape index (κ2) is 9.63. The van der Waals surface area contributed by atoms with Crippen LogP contribution in [0.15, 0.2) is 60.3 Å². The normalized spacial score (nSPS) is 10.6. The Morgan fingerprint density at radius 1 is 1.15 bits per heavy atom. The second-order valence-corrected chi connectivity index (χ2v) is 5.55. The van der Waals surface area contributed by atoms with Crippen molar-refractivity contribution in [3.8, 4) is 11.8 Å². The molecule has 0 aliphatic carbocycles. The van der Waals surface area contributed by atoms with Gasteiger partial charge in [-0.1, -0.05) is 12.1 Å². The van der Waals surface area contributed by atoms with E-state index in [-0.39, 0.29) is 11.1 Å². The molecule has 0 radical (unpaired) electrons. The molecule has 3 N–H and O–H groups in total. The standard InChI is InChI=1S/C20H19N3O4/c1-27-18-8-2-14(3-9-18)10-11-22-19(24)16(12-21)13-23-17-6-4-15(5-7-17)20(25)26/h2-9,13,23H,10-11H2,1H3,(H,22,24)(H,25,26)/b16-13-. The number of carbonyl (C=O) groups excluding carboxylic acids is 1. The highest BCUT2D eigenvalue weighted by Gasteiger charge is 2.08. The van der Waals surface area contributed by atoms with Crippen LogP contribution in [0.5, 0.6) is 5.75 Å². The summed E-state index contributed by atoms with van der Waals surface area (Å²) in [5.41, 5.74) is 1.68. The predicted octanol–water partition coefficient (Wildman–Crippen LogP) is 2.57. The fourth-order valence-electron chi connectivity index (χ4n) is 2.22. The van der Waals surface area contributed by atoms with E-state index >= 15 is 0 Å². The summed E-state index contributed by atoms with van der Waals surface area (Å²) in [6.07, 6.45) is 1.91. The first-order valence-electron chi connectivity index (χ1n) is 8.15. The molecule has 7 heteroatoms. The number of carbonyl (C=O) groups is 2. The molecule has 0 atom stereocenters. The quantitative estimate of drug-likeness (QED) is 0.490. The van der Waals surface area contributed by atoms with Crippen molar-refractivity contribution >= 4 is 17.6 Å². The summed E-state index contributed by atoms with van der Waals surface area (Å²) in [5, 5.41) is 23.5. The molecule has 2 rings (SSSR count). The van der Waals surface area contributed by atoms with Gasteiger partial charge in [-0.2, -0.15) is 5.26 Å². The number of rotatable bonds is 8. The van der Waals surface area contributed by atoms with Gasteiger partial charge in [0.2, 0.25) is 0 Å². The van der Waals surface area contributed by atoms with Crippen LogP contribution in [0.25, 0.3) is 0 Å². The number of ether oxygens (including phenoxy) is 1. The number of nitriles is 1. The van der Waals surface area contributed by atoms with E-state index in [1.807, 2.05) is 30.3 Å². The number of nitrogens with zero attached hydrogens (tertiary/aromatic N) is 1. The summed E-state index contributed by atoms with van der Waals surface area (Å²) < 4.78 is 5.09. The third-order valence-electron chi connectivity index (χ3n) is 3.74. The zero-order chi connectivity index (χ0) is 19.6. The molecule has 7 nitrogen and oxygen atoms in total. The Bertz CT molecular complexity index is 866. The highest BCUT2D eigenvalue weighted by atomic mass is 16.5. The molecule has 0 saturated carbocycles. The van der Waals surface area contributed by atoms with Crippen LogP contribution in [0, 0.1) is 11.3 Å². The van der Waals surface area contributed by atoms with Crippen LogP contribution < -0.4 is 15.4 Å². The average Bonchev–Trinajstić information content (AvgIpc) is 2.69. The summed E-state index contributed by atoms with van der Waals surface area (Å²) in [7, 11) is 1.60. The van der Waals surface area contributed by atoms with Gasteiger partial charge < -0.3 is 20.5 Å². The van der Waals surface area contributed by atoms with E-state index in [0.717, 1.165) is 11.3 Å². The molecule has 0 aromatic heterocycles. The minimum atomic E-state index is -1.02. The van der Waals surface area contributed by atoms with Crippen LogP contribution in [-0.4, -0.2) is 30.6 Å². The van der Waals surface area contributed by atoms with Crippen molar-refractivity contribution in [2.75, 3.05) is 19.0 Å². The largest absolute Gasteiger partial charge is 0.497 e. The summed E-state index contributed by atoms with van der Waals surface area (Å²) >= 11 is 0. The summed E-state index contributed by atoms with van der Waals surface area (Å²) in [6.45, 7) is 0.386. The third-order valence-corrected chi connectivity index (χ3v) is 3.74. The fourth-order valence-corrected chi connectivity index (χ4v) is 2.22. The first-order valence-corrected chi connectivity index (χ1v) is 8.15. The van der Waals surface area contributed by atoms with Crippen molar-refractivity contribution < 1.29 is 19.4 Å². The van der Waals surface area contributed by atoms with Gasteiger partial charge in [0.15, 0.2) is 0 Å². The van der Waals surface area contributed by atoms with Crippen LogP contribution in [0.2, 0.25) is 0 Å². The van der Waals surface area contributed by atoms with E-state index in [4.69, 9.17) is 15.1 Å². The Balaban J connectivity index is 1.87. The molecule has 0 unspecified atom stereocenters. The lowest BCUT2D eigenvalue weighted by Gasteiger charge is -2.06. The number of methoxy groups -OCH3 is 1. The number of amides is 1. The topological polar surface area (TPSA) is 111 Å². The van der Waals surface area contributed by atoms with Gasteiger partial charge >= 0.3 is 5.97 Å². The highest BCUT2D eigenvalue weighted by molar-refractivity contribution is 5.97. The van der Waals surface area contributed by atoms with Gasteiger partial charge in [-0.3, -0.25) is 4.79 Å². The van der Waals surface area contributed by atoms with Crippen LogP contribution in [0.1, 0.15) is 15.9 Å². The number of nitrogens with one attached hydrogen (secondary N) is 2. The van der Waals surface area contributed by atoms with E-state index < -0.39 is 11.9 Å². The van der Waals surface area contributed by atoms with Crippen LogP contribution in [0.4, 0.5) is 5.69 Å². The number of aromatic carboxylic acids is 1. The maximum absolute atomic E-state index is 12.1. The van der Waals surface area contributed by atoms with Gasteiger partial charge in [0.1, 0.15) is 17.4 Å². The molecule has 0 bridgehead atoms. The number of anilines is 1. The molecule has 0 spiro atoms. The van der Waals surface area contributed by atoms with Crippen molar-refractivity contribution in [2.24, 2.45) is 0 Å². The number of carboxylic acids is 1. The Labute approximate surface area is 156 Å². The summed E-state index contributed by atoms with van der Waals surface area (Å²) in [6, 6.07) is 15.3. The summed E-state index contributed by atoms with van der Waals surface area (Å²) in [4.78, 5) is 22.9. The van der Waals surface area contributed by atoms with Crippen LogP contribution in [0.3, 0.4) is 0 Å². The average molecular weight is 365 g/mol. The van der Waals surface area contributed by atoms with Gasteiger partial charge in [0, 0.05) is 18.4 Å². The first-order chi connectivity index (χ1) is 13.0. The molecule has 2 aromatic rings. The lowest BCUT2D eigenvalue weighted by atomic mass is 10.1. The number of benzene rings is 2. The molecule has 0 saturated heterocycles. The molecule has 1 amide bonds. The van der Waals surface area contributed by atoms with Crippen molar-refractivity contribution in [1.29, 1.82) is 5.26 Å². The summed E-state index contributed by atoms with van der Waals surface area (Å²) in [5.74, 6) is -0.744. The Hall–Kier alpha value is -3.79. The minimum Gasteiger partial charge on any atom is -0.497 e. The zero-order valence-corrected chi connectivity index (χ0v) is 14.7. The van der Waals surface area contributed by atoms with Crippen molar-refractivity contribution in [3.05, 3.63) is 71.4 Å². The molecular formula is C20H19N3O4. The van der Waals surface area contributed by atoms with E-state index in [9.17, 15) is 9.59 Å². The Morgan fingerprint density at radius 2 is 1.81 bits per heavy atom. The Kier molecular flexibility index (Phi) is 6.97. The molecule has 0 aliphatic rings. The highest BCUT2D eigenvalue weighted by Crippen LogP contribution is 2.12. The van der Waals surface area contributed by atoms with E-state index in [1.54, 1.807) is 19.2 Å². The lowest BCUT2D eigenvalue weighted by molar-refractivity contribution is -0.117. The fraction of sp³-hybridized carbons (Fsp3) is 0.150. The number of carboxylic acid groups (broad SMARTS) is 1. The van der Waals surface area contributed by atoms with Crippen molar-refractivity contribution in [3.63, 3.8) is 0 Å². The first kappa shape index (κ1) is 19.5. The van der Waals surface area contributed by atoms with Gasteiger partial charge in [0.25, 0.3) is 5.91 Å². The maximum atomic E-state index is 12.1. The molecular weight excluding hydrogens is 346 g/mol. The Morgan fingerprint density at radius 3 is 2.37 bits per heavy atom. The van der Waals surface area contributed by atoms with E-state index in [2.05, 4.69) is 10.6 Å². The van der Waals surface area contributed by atoms with Crippen molar-refractivity contribution in [1.82, 2.24) is 5.32 Å². The second-order valence-electron chi connectivity index (χ2n) is 5.55. The van der Waals surface area contributed by atoms with Gasteiger partial charge in [-0.05, 0) is 48.4 Å². The van der Waals surface area contributed by atoms with Crippen molar-refractivity contribution in [2.45, 2.75) is 6.42 Å². The SMILES string of the molecule is COc1ccc(CCNC(=O)/C(C#N)=C\Nc2ccc(C(=O)O)cc2)cc1. The smallest absolute Gasteiger partial charge is 0.335 e. The third kappa shape index (κ3) is 5.90. The monoisotopic (exact) mass is 365 g/mol. The molecule has 2 aromatic carbocycles. The van der Waals surface area contributed by atoms with Gasteiger partial charge in [-0.25, -0.2) is 4.79 Å². The van der Waals surface area contributed by atoms with E-state index in [0.29, 0.717) is 18.7 Å². The molecule has 27 heavy (non-hydrogen) atoms. The van der Waals surface area contributed by atoms with Crippen LogP contribution in [-0.2, 0) is 11.2 Å². The zero-order valence-electron chi connectivity index (χ0n) is 14.7. The van der Waals surface area contributed by atoms with Crippen LogP contribution >= 0.6 is 0 Å². The number of hydrogen-bond donors (Lipinski definition) is 3. The van der Waals surface area contributed by atoms with Gasteiger partial charge in [-0.15, -0.1) is 0 Å². The lowest BCUT2D eigenvalue weighted by Crippen LogP contribution is -2.27. The molecule has 138 valence electrons.